The van der Waals surface area contributed by atoms with Crippen molar-refractivity contribution in [2.45, 2.75) is 39.8 Å². The normalized spacial score (nSPS) is 17.5. The molecule has 0 bridgehead atoms. The van der Waals surface area contributed by atoms with Gasteiger partial charge in [0.1, 0.15) is 5.75 Å². The van der Waals surface area contributed by atoms with Crippen LogP contribution in [-0.4, -0.2) is 21.3 Å². The first-order valence-corrected chi connectivity index (χ1v) is 12.4. The number of thiocarbonyl (C=S) groups is 1. The molecule has 1 aliphatic heterocycles. The topological polar surface area (TPSA) is 42.3 Å². The van der Waals surface area contributed by atoms with Gasteiger partial charge in [-0.1, -0.05) is 24.3 Å². The third kappa shape index (κ3) is 4.19. The van der Waals surface area contributed by atoms with Crippen LogP contribution in [-0.2, 0) is 0 Å². The quantitative estimate of drug-likeness (QED) is 0.323. The Morgan fingerprint density at radius 2 is 1.71 bits per heavy atom. The molecule has 0 spiro atoms. The lowest BCUT2D eigenvalue weighted by Crippen LogP contribution is -2.29. The van der Waals surface area contributed by atoms with Crippen LogP contribution in [0.15, 0.2) is 79.0 Å². The van der Waals surface area contributed by atoms with E-state index >= 15 is 0 Å². The Labute approximate surface area is 212 Å². The Bertz CT molecular complexity index is 1350. The van der Waals surface area contributed by atoms with Crippen molar-refractivity contribution in [3.8, 4) is 11.4 Å². The van der Waals surface area contributed by atoms with E-state index in [4.69, 9.17) is 21.9 Å². The van der Waals surface area contributed by atoms with Gasteiger partial charge in [-0.15, -0.1) is 0 Å². The highest BCUT2D eigenvalue weighted by Gasteiger charge is 2.42. The number of hydrogen-bond acceptors (Lipinski definition) is 3. The molecule has 3 heterocycles. The van der Waals surface area contributed by atoms with Gasteiger partial charge in [0.2, 0.25) is 0 Å². The minimum absolute atomic E-state index is 0.0562. The summed E-state index contributed by atoms with van der Waals surface area (Å²) < 4.78 is 8.02. The van der Waals surface area contributed by atoms with Crippen LogP contribution >= 0.6 is 12.2 Å². The highest BCUT2D eigenvalue weighted by molar-refractivity contribution is 7.80. The third-order valence-electron chi connectivity index (χ3n) is 6.67. The molecule has 0 saturated carbocycles. The van der Waals surface area contributed by atoms with Crippen molar-refractivity contribution in [1.82, 2.24) is 14.9 Å². The summed E-state index contributed by atoms with van der Waals surface area (Å²) in [6.45, 7) is 9.15. The third-order valence-corrected chi connectivity index (χ3v) is 6.98. The first-order chi connectivity index (χ1) is 17.0. The van der Waals surface area contributed by atoms with Crippen molar-refractivity contribution in [2.75, 3.05) is 11.5 Å². The highest BCUT2D eigenvalue weighted by atomic mass is 32.1. The number of para-hydroxylation sites is 1. The Balaban J connectivity index is 1.65. The van der Waals surface area contributed by atoms with Gasteiger partial charge in [-0.25, -0.2) is 0 Å². The summed E-state index contributed by atoms with van der Waals surface area (Å²) in [6, 6.07) is 24.9. The molecule has 2 aromatic heterocycles. The number of nitrogens with one attached hydrogen (secondary N) is 1. The molecule has 1 fully saturated rings. The summed E-state index contributed by atoms with van der Waals surface area (Å²) in [4.78, 5) is 6.91. The van der Waals surface area contributed by atoms with Gasteiger partial charge in [0.25, 0.3) is 0 Å². The minimum Gasteiger partial charge on any atom is -0.494 e. The van der Waals surface area contributed by atoms with Gasteiger partial charge in [0.05, 0.1) is 24.4 Å². The van der Waals surface area contributed by atoms with Crippen LogP contribution < -0.4 is 15.0 Å². The summed E-state index contributed by atoms with van der Waals surface area (Å²) in [5, 5.41) is 4.26. The van der Waals surface area contributed by atoms with Gasteiger partial charge in [-0.2, -0.15) is 0 Å². The SMILES string of the molecule is CCOc1ccc(N2C(=S)N[C@@H](c3ccccn3)[C@H]2c2cc(C)n(-c3ccccc3C)c2C)cc1. The lowest BCUT2D eigenvalue weighted by Gasteiger charge is -2.28. The zero-order chi connectivity index (χ0) is 24.5. The Hall–Kier alpha value is -3.64. The molecule has 5 rings (SSSR count). The van der Waals surface area contributed by atoms with E-state index in [2.05, 4.69) is 84.1 Å². The Kier molecular flexibility index (Phi) is 6.31. The number of aryl methyl sites for hydroxylation is 2. The smallest absolute Gasteiger partial charge is 0.174 e. The molecule has 2 aromatic carbocycles. The predicted octanol–water partition coefficient (Wildman–Crippen LogP) is 6.37. The molecule has 178 valence electrons. The van der Waals surface area contributed by atoms with Gasteiger partial charge in [0, 0.05) is 29.0 Å². The van der Waals surface area contributed by atoms with Crippen LogP contribution in [0.2, 0.25) is 0 Å². The Morgan fingerprint density at radius 3 is 2.40 bits per heavy atom. The number of anilines is 1. The van der Waals surface area contributed by atoms with Gasteiger partial charge in [0.15, 0.2) is 5.11 Å². The van der Waals surface area contributed by atoms with Crippen LogP contribution in [0, 0.1) is 20.8 Å². The van der Waals surface area contributed by atoms with E-state index in [1.54, 1.807) is 0 Å². The number of nitrogens with zero attached hydrogens (tertiary/aromatic N) is 3. The summed E-state index contributed by atoms with van der Waals surface area (Å²) in [5.74, 6) is 0.852. The van der Waals surface area contributed by atoms with E-state index in [0.717, 1.165) is 17.1 Å². The fourth-order valence-corrected chi connectivity index (χ4v) is 5.44. The monoisotopic (exact) mass is 482 g/mol. The van der Waals surface area contributed by atoms with Crippen LogP contribution in [0.3, 0.4) is 0 Å². The fraction of sp³-hybridized carbons (Fsp3) is 0.241. The van der Waals surface area contributed by atoms with Crippen LogP contribution in [0.4, 0.5) is 5.69 Å². The molecule has 0 radical (unpaired) electrons. The molecular weight excluding hydrogens is 452 g/mol. The first kappa shape index (κ1) is 23.1. The molecule has 1 saturated heterocycles. The number of pyridine rings is 1. The molecule has 5 nitrogen and oxygen atoms in total. The second-order valence-corrected chi connectivity index (χ2v) is 9.26. The second kappa shape index (κ2) is 9.55. The highest BCUT2D eigenvalue weighted by Crippen LogP contribution is 2.44. The van der Waals surface area contributed by atoms with Crippen molar-refractivity contribution >= 4 is 23.0 Å². The maximum Gasteiger partial charge on any atom is 0.174 e. The molecule has 6 heteroatoms. The summed E-state index contributed by atoms with van der Waals surface area (Å²) in [6.07, 6.45) is 1.84. The van der Waals surface area contributed by atoms with E-state index in [1.807, 2.05) is 37.4 Å². The molecule has 1 aliphatic rings. The van der Waals surface area contributed by atoms with Crippen molar-refractivity contribution < 1.29 is 4.74 Å². The van der Waals surface area contributed by atoms with Crippen molar-refractivity contribution in [1.29, 1.82) is 0 Å². The summed E-state index contributed by atoms with van der Waals surface area (Å²) in [5.41, 5.74) is 8.04. The lowest BCUT2D eigenvalue weighted by atomic mass is 9.96. The maximum atomic E-state index is 5.91. The zero-order valence-corrected chi connectivity index (χ0v) is 21.3. The van der Waals surface area contributed by atoms with E-state index in [0.29, 0.717) is 11.7 Å². The van der Waals surface area contributed by atoms with Crippen LogP contribution in [0.1, 0.15) is 47.2 Å². The minimum atomic E-state index is -0.0823. The van der Waals surface area contributed by atoms with E-state index in [9.17, 15) is 0 Å². The van der Waals surface area contributed by atoms with Crippen molar-refractivity contribution in [3.63, 3.8) is 0 Å². The number of benzene rings is 2. The lowest BCUT2D eigenvalue weighted by molar-refractivity contribution is 0.340. The van der Waals surface area contributed by atoms with E-state index < -0.39 is 0 Å². The van der Waals surface area contributed by atoms with Crippen LogP contribution in [0.25, 0.3) is 5.69 Å². The standard InChI is InChI=1S/C29H30N4OS/c1-5-34-23-15-13-22(14-16-23)33-28(27(31-29(33)35)25-11-8-9-17-30-25)24-18-20(3)32(21(24)4)26-12-7-6-10-19(26)2/h6-18,27-28H,5H2,1-4H3,(H,31,35)/t27-,28+/m0/s1. The van der Waals surface area contributed by atoms with Crippen molar-refractivity contribution in [3.05, 3.63) is 107 Å². The number of aromatic nitrogens is 2. The van der Waals surface area contributed by atoms with Crippen molar-refractivity contribution in [2.24, 2.45) is 0 Å². The summed E-state index contributed by atoms with van der Waals surface area (Å²) in [7, 11) is 0. The van der Waals surface area contributed by atoms with Crippen LogP contribution in [0.5, 0.6) is 5.75 Å². The molecule has 2 atom stereocenters. The molecule has 35 heavy (non-hydrogen) atoms. The molecule has 4 aromatic rings. The van der Waals surface area contributed by atoms with Gasteiger partial charge >= 0.3 is 0 Å². The molecule has 1 N–H and O–H groups in total. The number of hydrogen-bond donors (Lipinski definition) is 1. The van der Waals surface area contributed by atoms with Gasteiger partial charge < -0.3 is 19.5 Å². The average Bonchev–Trinajstić information content (AvgIpc) is 3.36. The number of ether oxygens (including phenoxy) is 1. The number of rotatable bonds is 6. The van der Waals surface area contributed by atoms with Gasteiger partial charge in [-0.3, -0.25) is 4.98 Å². The van der Waals surface area contributed by atoms with Gasteiger partial charge in [-0.05, 0) is 99.6 Å². The molecular formula is C29H30N4OS. The first-order valence-electron chi connectivity index (χ1n) is 12.0. The fourth-order valence-electron chi connectivity index (χ4n) is 5.09. The molecule has 0 unspecified atom stereocenters. The molecule has 0 amide bonds. The Morgan fingerprint density at radius 1 is 0.971 bits per heavy atom. The zero-order valence-electron chi connectivity index (χ0n) is 20.5. The largest absolute Gasteiger partial charge is 0.494 e. The summed E-state index contributed by atoms with van der Waals surface area (Å²) >= 11 is 5.91. The average molecular weight is 483 g/mol. The predicted molar refractivity (Wildman–Crippen MR) is 146 cm³/mol. The second-order valence-electron chi connectivity index (χ2n) is 8.87. The van der Waals surface area contributed by atoms with E-state index in [1.165, 1.54) is 28.2 Å². The van der Waals surface area contributed by atoms with E-state index in [-0.39, 0.29) is 12.1 Å². The molecule has 0 aliphatic carbocycles. The maximum absolute atomic E-state index is 5.91.